The number of aromatic nitrogens is 1. The molecular weight excluding hydrogens is 465 g/mol. The molecule has 1 amide bonds. The monoisotopic (exact) mass is 490 g/mol. The summed E-state index contributed by atoms with van der Waals surface area (Å²) in [7, 11) is 1.25. The number of rotatable bonds is 7. The van der Waals surface area contributed by atoms with E-state index in [1.165, 1.54) is 19.2 Å². The summed E-state index contributed by atoms with van der Waals surface area (Å²) in [6.07, 6.45) is -2.14. The molecule has 2 aromatic carbocycles. The second-order valence-corrected chi connectivity index (χ2v) is 8.32. The van der Waals surface area contributed by atoms with Crippen LogP contribution in [0.15, 0.2) is 42.5 Å². The van der Waals surface area contributed by atoms with Crippen LogP contribution in [0.5, 0.6) is 11.5 Å². The number of carbonyl (C=O) groups excluding carboxylic acids is 2. The molecule has 1 aliphatic carbocycles. The fraction of sp³-hybridized carbons (Fsp3) is 0.360. The van der Waals surface area contributed by atoms with Gasteiger partial charge in [0.15, 0.2) is 6.61 Å². The highest BCUT2D eigenvalue weighted by Gasteiger charge is 2.34. The van der Waals surface area contributed by atoms with Gasteiger partial charge >= 0.3 is 12.3 Å². The van der Waals surface area contributed by atoms with Crippen LogP contribution in [0.4, 0.5) is 13.2 Å². The van der Waals surface area contributed by atoms with Crippen LogP contribution in [-0.2, 0) is 27.3 Å². The second kappa shape index (κ2) is 9.89. The summed E-state index contributed by atoms with van der Waals surface area (Å²) in [4.78, 5) is 24.2. The van der Waals surface area contributed by atoms with Crippen molar-refractivity contribution in [2.45, 2.75) is 44.5 Å². The lowest BCUT2D eigenvalue weighted by atomic mass is 9.92. The topological polar surface area (TPSA) is 92.8 Å². The summed E-state index contributed by atoms with van der Waals surface area (Å²) in [5, 5.41) is 0.617. The molecule has 7 nitrogen and oxygen atoms in total. The molecule has 1 aliphatic rings. The summed E-state index contributed by atoms with van der Waals surface area (Å²) in [6.45, 7) is -0.261. The lowest BCUT2D eigenvalue weighted by Gasteiger charge is -2.16. The quantitative estimate of drug-likeness (QED) is 0.391. The van der Waals surface area contributed by atoms with Crippen molar-refractivity contribution < 1.29 is 37.0 Å². The highest BCUT2D eigenvalue weighted by molar-refractivity contribution is 5.97. The van der Waals surface area contributed by atoms with E-state index in [9.17, 15) is 22.8 Å². The zero-order chi connectivity index (χ0) is 25.2. The van der Waals surface area contributed by atoms with Crippen molar-refractivity contribution >= 4 is 22.8 Å². The molecule has 3 aromatic rings. The smallest absolute Gasteiger partial charge is 0.481 e. The van der Waals surface area contributed by atoms with Gasteiger partial charge in [-0.15, -0.1) is 13.2 Å². The van der Waals surface area contributed by atoms with E-state index in [1.54, 1.807) is 30.3 Å². The lowest BCUT2D eigenvalue weighted by Crippen LogP contribution is -2.22. The minimum Gasteiger partial charge on any atom is -0.481 e. The van der Waals surface area contributed by atoms with Crippen molar-refractivity contribution in [2.75, 3.05) is 13.7 Å². The number of esters is 1. The van der Waals surface area contributed by atoms with Crippen LogP contribution < -0.4 is 15.2 Å². The molecule has 0 fully saturated rings. The molecule has 0 aliphatic heterocycles. The molecule has 1 unspecified atom stereocenters. The zero-order valence-corrected chi connectivity index (χ0v) is 19.1. The molecule has 0 saturated carbocycles. The van der Waals surface area contributed by atoms with Crippen molar-refractivity contribution in [3.63, 3.8) is 0 Å². The first-order valence-electron chi connectivity index (χ1n) is 11.2. The Hall–Kier alpha value is -3.69. The highest BCUT2D eigenvalue weighted by Crippen LogP contribution is 2.43. The van der Waals surface area contributed by atoms with E-state index < -0.39 is 24.2 Å². The van der Waals surface area contributed by atoms with Crippen LogP contribution in [0.1, 0.15) is 42.0 Å². The summed E-state index contributed by atoms with van der Waals surface area (Å²) >= 11 is 0. The molecule has 1 atom stereocenters. The van der Waals surface area contributed by atoms with Gasteiger partial charge in [0, 0.05) is 16.6 Å². The number of primary amides is 1. The van der Waals surface area contributed by atoms with Crippen molar-refractivity contribution in [1.82, 2.24) is 4.57 Å². The number of hydrogen-bond donors (Lipinski definition) is 1. The van der Waals surface area contributed by atoms with Gasteiger partial charge in [0.05, 0.1) is 25.1 Å². The molecule has 1 aromatic heterocycles. The van der Waals surface area contributed by atoms with Crippen LogP contribution in [0.25, 0.3) is 10.9 Å². The van der Waals surface area contributed by atoms with E-state index >= 15 is 0 Å². The molecular formula is C25H25F3N2O5. The Morgan fingerprint density at radius 3 is 2.54 bits per heavy atom. The number of ether oxygens (including phenoxy) is 3. The Labute approximate surface area is 199 Å². The van der Waals surface area contributed by atoms with Crippen LogP contribution in [-0.4, -0.2) is 36.5 Å². The molecule has 1 heterocycles. The molecule has 0 spiro atoms. The van der Waals surface area contributed by atoms with E-state index in [2.05, 4.69) is 9.47 Å². The largest absolute Gasteiger partial charge is 0.573 e. The van der Waals surface area contributed by atoms with Gasteiger partial charge in [-0.2, -0.15) is 0 Å². The maximum Gasteiger partial charge on any atom is 0.573 e. The Kier molecular flexibility index (Phi) is 6.90. The third kappa shape index (κ3) is 5.21. The summed E-state index contributed by atoms with van der Waals surface area (Å²) in [6, 6.07) is 11.2. The number of benzene rings is 2. The predicted molar refractivity (Wildman–Crippen MR) is 121 cm³/mol. The van der Waals surface area contributed by atoms with E-state index in [0.717, 1.165) is 18.5 Å². The maximum atomic E-state index is 13.0. The number of methoxy groups -OCH3 is 1. The van der Waals surface area contributed by atoms with Gasteiger partial charge in [0.25, 0.3) is 0 Å². The minimum atomic E-state index is -4.84. The normalized spacial score (nSPS) is 15.8. The molecule has 4 rings (SSSR count). The van der Waals surface area contributed by atoms with E-state index in [4.69, 9.17) is 10.5 Å². The third-order valence-corrected chi connectivity index (χ3v) is 6.15. The predicted octanol–water partition coefficient (Wildman–Crippen LogP) is 4.44. The van der Waals surface area contributed by atoms with Crippen LogP contribution in [0, 0.1) is 0 Å². The van der Waals surface area contributed by atoms with Gasteiger partial charge in [0.2, 0.25) is 5.91 Å². The number of fused-ring (bicyclic) bond motifs is 3. The second-order valence-electron chi connectivity index (χ2n) is 8.32. The molecule has 0 bridgehead atoms. The first-order valence-corrected chi connectivity index (χ1v) is 11.2. The van der Waals surface area contributed by atoms with E-state index in [1.807, 2.05) is 4.57 Å². The summed E-state index contributed by atoms with van der Waals surface area (Å²) in [5.74, 6) is -1.58. The number of para-hydroxylation sites is 1. The van der Waals surface area contributed by atoms with Gasteiger partial charge in [0.1, 0.15) is 11.5 Å². The molecule has 0 radical (unpaired) electrons. The average Bonchev–Trinajstić information content (AvgIpc) is 2.96. The molecule has 35 heavy (non-hydrogen) atoms. The van der Waals surface area contributed by atoms with Gasteiger partial charge in [-0.25, -0.2) is 4.79 Å². The Balaban J connectivity index is 1.90. The van der Waals surface area contributed by atoms with Crippen molar-refractivity contribution in [1.29, 1.82) is 0 Å². The van der Waals surface area contributed by atoms with Crippen molar-refractivity contribution in [3.8, 4) is 11.5 Å². The maximum absolute atomic E-state index is 13.0. The summed E-state index contributed by atoms with van der Waals surface area (Å²) in [5.41, 5.74) is 8.26. The van der Waals surface area contributed by atoms with Gasteiger partial charge in [-0.1, -0.05) is 30.7 Å². The number of nitrogens with zero attached hydrogens (tertiary/aromatic N) is 1. The van der Waals surface area contributed by atoms with Gasteiger partial charge < -0.3 is 24.5 Å². The standard InChI is InChI=1S/C25H25F3N2O5/c1-33-21(31)14-34-20-12-6-10-18-23(20)22-16(24(29)32)8-3-4-9-17(22)30(18)13-15-7-2-5-11-19(15)35-25(26,27)28/h2,5-7,10-12,16H,3-4,8-9,13-14H2,1H3,(H2,29,32). The summed E-state index contributed by atoms with van der Waals surface area (Å²) < 4.78 is 55.6. The molecule has 10 heteroatoms. The van der Waals surface area contributed by atoms with E-state index in [0.29, 0.717) is 40.6 Å². The zero-order valence-electron chi connectivity index (χ0n) is 19.1. The van der Waals surface area contributed by atoms with E-state index in [-0.39, 0.29) is 18.9 Å². The Morgan fingerprint density at radius 1 is 1.09 bits per heavy atom. The SMILES string of the molecule is COC(=O)COc1cccc2c1c1c(n2Cc2ccccc2OC(F)(F)F)CCCCC1C(N)=O. The average molecular weight is 490 g/mol. The molecule has 2 N–H and O–H groups in total. The van der Waals surface area contributed by atoms with Crippen LogP contribution in [0.3, 0.4) is 0 Å². The molecule has 186 valence electrons. The highest BCUT2D eigenvalue weighted by atomic mass is 19.4. The van der Waals surface area contributed by atoms with Crippen LogP contribution >= 0.6 is 0 Å². The van der Waals surface area contributed by atoms with Gasteiger partial charge in [-0.3, -0.25) is 4.79 Å². The fourth-order valence-electron chi connectivity index (χ4n) is 4.69. The number of amides is 1. The fourth-order valence-corrected chi connectivity index (χ4v) is 4.69. The first kappa shape index (κ1) is 24.4. The lowest BCUT2D eigenvalue weighted by molar-refractivity contribution is -0.274. The number of hydrogen-bond acceptors (Lipinski definition) is 5. The number of nitrogens with two attached hydrogens (primary N) is 1. The molecule has 0 saturated heterocycles. The minimum absolute atomic E-state index is 0.0734. The first-order chi connectivity index (χ1) is 16.7. The number of halogens is 3. The van der Waals surface area contributed by atoms with Gasteiger partial charge in [-0.05, 0) is 43.0 Å². The Morgan fingerprint density at radius 2 is 1.83 bits per heavy atom. The Bertz CT molecular complexity index is 1250. The van der Waals surface area contributed by atoms with Crippen molar-refractivity contribution in [2.24, 2.45) is 5.73 Å². The van der Waals surface area contributed by atoms with Crippen molar-refractivity contribution in [3.05, 3.63) is 59.3 Å². The number of carbonyl (C=O) groups is 2. The number of alkyl halides is 3. The third-order valence-electron chi connectivity index (χ3n) is 6.15. The van der Waals surface area contributed by atoms with Crippen LogP contribution in [0.2, 0.25) is 0 Å².